The van der Waals surface area contributed by atoms with Crippen LogP contribution in [0.5, 0.6) is 0 Å². The van der Waals surface area contributed by atoms with E-state index in [-0.39, 0.29) is 12.6 Å². The average Bonchev–Trinajstić information content (AvgIpc) is 3.43. The van der Waals surface area contributed by atoms with Crippen molar-refractivity contribution in [3.63, 3.8) is 0 Å². The Morgan fingerprint density at radius 3 is 2.75 bits per heavy atom. The maximum Gasteiger partial charge on any atom is 0.225 e. The van der Waals surface area contributed by atoms with Gasteiger partial charge in [0, 0.05) is 30.9 Å². The van der Waals surface area contributed by atoms with Crippen molar-refractivity contribution in [1.29, 1.82) is 0 Å². The highest BCUT2D eigenvalue weighted by Gasteiger charge is 2.26. The number of nitrogens with zero attached hydrogens (tertiary/aromatic N) is 3. The molecule has 1 aliphatic rings. The number of rotatable bonds is 8. The van der Waals surface area contributed by atoms with Crippen LogP contribution in [0.4, 0.5) is 11.8 Å². The Balaban J connectivity index is 1.75. The highest BCUT2D eigenvalue weighted by Crippen LogP contribution is 2.40. The van der Waals surface area contributed by atoms with E-state index < -0.39 is 0 Å². The molecule has 0 spiro atoms. The topological polar surface area (TPSA) is 83.0 Å². The Morgan fingerprint density at radius 1 is 1.29 bits per heavy atom. The summed E-state index contributed by atoms with van der Waals surface area (Å²) in [5.74, 6) is 2.23. The molecule has 2 aromatic rings. The smallest absolute Gasteiger partial charge is 0.225 e. The molecule has 0 radical (unpaired) electrons. The van der Waals surface area contributed by atoms with E-state index >= 15 is 0 Å². The molecule has 1 saturated carbocycles. The van der Waals surface area contributed by atoms with E-state index in [1.807, 2.05) is 24.4 Å². The van der Waals surface area contributed by atoms with E-state index in [0.29, 0.717) is 24.3 Å². The summed E-state index contributed by atoms with van der Waals surface area (Å²) in [6, 6.07) is 5.94. The highest BCUT2D eigenvalue weighted by atomic mass is 16.3. The SMILES string of the molecule is CC(C)[C@@H](CO)Nc1nc(NCc2cccnc2)cc(C2CC2)n1. The van der Waals surface area contributed by atoms with E-state index in [1.165, 1.54) is 12.8 Å². The second kappa shape index (κ2) is 7.57. The summed E-state index contributed by atoms with van der Waals surface area (Å²) in [5, 5.41) is 16.1. The Hall–Kier alpha value is -2.21. The minimum absolute atomic E-state index is 0.0503. The predicted octanol–water partition coefficient (Wildman–Crippen LogP) is 2.79. The van der Waals surface area contributed by atoms with Crippen LogP contribution in [0.15, 0.2) is 30.6 Å². The Bertz CT molecular complexity index is 658. The fraction of sp³-hybridized carbons (Fsp3) is 0.500. The first kappa shape index (κ1) is 16.6. The van der Waals surface area contributed by atoms with Gasteiger partial charge in [-0.3, -0.25) is 4.98 Å². The van der Waals surface area contributed by atoms with Crippen LogP contribution in [0.25, 0.3) is 0 Å². The van der Waals surface area contributed by atoms with Crippen LogP contribution in [0.1, 0.15) is 43.9 Å². The second-order valence-electron chi connectivity index (χ2n) is 6.67. The fourth-order valence-corrected chi connectivity index (χ4v) is 2.49. The number of aliphatic hydroxyl groups is 1. The molecular weight excluding hydrogens is 302 g/mol. The summed E-state index contributed by atoms with van der Waals surface area (Å²) < 4.78 is 0. The average molecular weight is 327 g/mol. The maximum atomic E-state index is 9.53. The van der Waals surface area contributed by atoms with Gasteiger partial charge in [0.15, 0.2) is 0 Å². The van der Waals surface area contributed by atoms with Crippen molar-refractivity contribution in [2.45, 2.75) is 45.2 Å². The summed E-state index contributed by atoms with van der Waals surface area (Å²) in [6.45, 7) is 4.87. The highest BCUT2D eigenvalue weighted by molar-refractivity contribution is 5.45. The van der Waals surface area contributed by atoms with Crippen molar-refractivity contribution >= 4 is 11.8 Å². The van der Waals surface area contributed by atoms with Gasteiger partial charge in [0.05, 0.1) is 18.3 Å². The third-order valence-electron chi connectivity index (χ3n) is 4.25. The van der Waals surface area contributed by atoms with Gasteiger partial charge in [-0.2, -0.15) is 4.98 Å². The zero-order valence-corrected chi connectivity index (χ0v) is 14.2. The van der Waals surface area contributed by atoms with Crippen molar-refractivity contribution in [3.8, 4) is 0 Å². The lowest BCUT2D eigenvalue weighted by atomic mass is 10.1. The lowest BCUT2D eigenvalue weighted by Crippen LogP contribution is -2.30. The second-order valence-corrected chi connectivity index (χ2v) is 6.67. The van der Waals surface area contributed by atoms with Crippen molar-refractivity contribution in [3.05, 3.63) is 41.9 Å². The molecule has 0 aliphatic heterocycles. The van der Waals surface area contributed by atoms with Crippen LogP contribution >= 0.6 is 0 Å². The van der Waals surface area contributed by atoms with Gasteiger partial charge in [-0.1, -0.05) is 19.9 Å². The molecule has 128 valence electrons. The van der Waals surface area contributed by atoms with Gasteiger partial charge in [-0.05, 0) is 30.4 Å². The van der Waals surface area contributed by atoms with E-state index in [9.17, 15) is 5.11 Å². The summed E-state index contributed by atoms with van der Waals surface area (Å²) in [7, 11) is 0. The first-order valence-corrected chi connectivity index (χ1v) is 8.55. The third-order valence-corrected chi connectivity index (χ3v) is 4.25. The molecule has 1 fully saturated rings. The van der Waals surface area contributed by atoms with Gasteiger partial charge in [0.25, 0.3) is 0 Å². The standard InChI is InChI=1S/C18H25N5O/c1-12(2)16(11-24)22-18-21-15(14-5-6-14)8-17(23-18)20-10-13-4-3-7-19-9-13/h3-4,7-9,12,14,16,24H,5-6,10-11H2,1-2H3,(H2,20,21,22,23)/t16-/m1/s1. The molecule has 1 aliphatic carbocycles. The van der Waals surface area contributed by atoms with Crippen LogP contribution in [0.2, 0.25) is 0 Å². The number of pyridine rings is 1. The predicted molar refractivity (Wildman–Crippen MR) is 94.9 cm³/mol. The Morgan fingerprint density at radius 2 is 2.12 bits per heavy atom. The summed E-state index contributed by atoms with van der Waals surface area (Å²) in [6.07, 6.45) is 5.98. The molecule has 2 heterocycles. The molecule has 3 rings (SSSR count). The van der Waals surface area contributed by atoms with Crippen LogP contribution in [0.3, 0.4) is 0 Å². The molecule has 3 N–H and O–H groups in total. The van der Waals surface area contributed by atoms with E-state index in [1.54, 1.807) is 6.20 Å². The van der Waals surface area contributed by atoms with Crippen molar-refractivity contribution in [1.82, 2.24) is 15.0 Å². The summed E-state index contributed by atoms with van der Waals surface area (Å²) in [5.41, 5.74) is 2.18. The van der Waals surface area contributed by atoms with Crippen LogP contribution in [-0.2, 0) is 6.54 Å². The quantitative estimate of drug-likeness (QED) is 0.691. The first-order chi connectivity index (χ1) is 11.7. The number of anilines is 2. The molecule has 0 aromatic carbocycles. The van der Waals surface area contributed by atoms with E-state index in [4.69, 9.17) is 0 Å². The minimum Gasteiger partial charge on any atom is -0.394 e. The largest absolute Gasteiger partial charge is 0.394 e. The molecule has 0 bridgehead atoms. The number of aromatic nitrogens is 3. The molecule has 0 unspecified atom stereocenters. The van der Waals surface area contributed by atoms with Gasteiger partial charge in [-0.15, -0.1) is 0 Å². The molecule has 1 atom stereocenters. The van der Waals surface area contributed by atoms with Crippen LogP contribution in [0, 0.1) is 5.92 Å². The summed E-state index contributed by atoms with van der Waals surface area (Å²) in [4.78, 5) is 13.3. The van der Waals surface area contributed by atoms with Crippen molar-refractivity contribution in [2.24, 2.45) is 5.92 Å². The molecular formula is C18H25N5O. The zero-order valence-electron chi connectivity index (χ0n) is 14.2. The Labute approximate surface area is 142 Å². The molecule has 6 heteroatoms. The van der Waals surface area contributed by atoms with Crippen LogP contribution in [-0.4, -0.2) is 32.7 Å². The first-order valence-electron chi connectivity index (χ1n) is 8.55. The van der Waals surface area contributed by atoms with Crippen LogP contribution < -0.4 is 10.6 Å². The molecule has 0 saturated heterocycles. The van der Waals surface area contributed by atoms with Gasteiger partial charge in [0.1, 0.15) is 5.82 Å². The van der Waals surface area contributed by atoms with Gasteiger partial charge >= 0.3 is 0 Å². The number of nitrogens with one attached hydrogen (secondary N) is 2. The number of hydrogen-bond donors (Lipinski definition) is 3. The zero-order chi connectivity index (χ0) is 16.9. The van der Waals surface area contributed by atoms with E-state index in [0.717, 1.165) is 17.1 Å². The van der Waals surface area contributed by atoms with Gasteiger partial charge < -0.3 is 15.7 Å². The fourth-order valence-electron chi connectivity index (χ4n) is 2.49. The molecule has 2 aromatic heterocycles. The Kier molecular flexibility index (Phi) is 5.25. The third kappa shape index (κ3) is 4.41. The van der Waals surface area contributed by atoms with E-state index in [2.05, 4.69) is 39.4 Å². The van der Waals surface area contributed by atoms with Crippen molar-refractivity contribution in [2.75, 3.05) is 17.2 Å². The molecule has 0 amide bonds. The monoisotopic (exact) mass is 327 g/mol. The molecule has 24 heavy (non-hydrogen) atoms. The number of hydrogen-bond acceptors (Lipinski definition) is 6. The summed E-state index contributed by atoms with van der Waals surface area (Å²) >= 11 is 0. The van der Waals surface area contributed by atoms with Gasteiger partial charge in [0.2, 0.25) is 5.95 Å². The maximum absolute atomic E-state index is 9.53. The molecule has 6 nitrogen and oxygen atoms in total. The van der Waals surface area contributed by atoms with Gasteiger partial charge in [-0.25, -0.2) is 4.98 Å². The van der Waals surface area contributed by atoms with Crippen molar-refractivity contribution < 1.29 is 5.11 Å². The minimum atomic E-state index is -0.0503. The normalized spacial score (nSPS) is 15.3. The lowest BCUT2D eigenvalue weighted by molar-refractivity contribution is 0.248. The lowest BCUT2D eigenvalue weighted by Gasteiger charge is -2.20. The number of aliphatic hydroxyl groups excluding tert-OH is 1.